The summed E-state index contributed by atoms with van der Waals surface area (Å²) >= 11 is 3.50. The van der Waals surface area contributed by atoms with Gasteiger partial charge in [-0.15, -0.1) is 0 Å². The van der Waals surface area contributed by atoms with E-state index in [0.717, 1.165) is 32.4 Å². The van der Waals surface area contributed by atoms with Crippen molar-refractivity contribution in [2.75, 3.05) is 4.31 Å². The molecule has 7 heteroatoms. The third-order valence-electron chi connectivity index (χ3n) is 6.24. The van der Waals surface area contributed by atoms with Gasteiger partial charge in [0.05, 0.1) is 17.1 Å². The maximum absolute atomic E-state index is 14.2. The molecule has 0 aliphatic carbocycles. The third-order valence-corrected chi connectivity index (χ3v) is 8.52. The lowest BCUT2D eigenvalue weighted by Crippen LogP contribution is -2.31. The van der Waals surface area contributed by atoms with E-state index in [0.29, 0.717) is 11.6 Å². The van der Waals surface area contributed by atoms with Gasteiger partial charge in [-0.1, -0.05) is 106 Å². The molecule has 0 saturated heterocycles. The second kappa shape index (κ2) is 10.4. The summed E-state index contributed by atoms with van der Waals surface area (Å²) in [4.78, 5) is 5.21. The van der Waals surface area contributed by atoms with Crippen molar-refractivity contribution >= 4 is 31.8 Å². The molecule has 1 aromatic heterocycles. The van der Waals surface area contributed by atoms with Gasteiger partial charge in [-0.2, -0.15) is 0 Å². The van der Waals surface area contributed by atoms with E-state index in [4.69, 9.17) is 4.98 Å². The van der Waals surface area contributed by atoms with E-state index in [1.807, 2.05) is 116 Å². The molecule has 0 amide bonds. The van der Waals surface area contributed by atoms with Crippen molar-refractivity contribution in [2.45, 2.75) is 18.4 Å². The Kier molecular flexibility index (Phi) is 7.00. The van der Waals surface area contributed by atoms with E-state index >= 15 is 0 Å². The number of benzene rings is 4. The lowest BCUT2D eigenvalue weighted by atomic mass is 10.1. The number of hydrogen-bond acceptors (Lipinski definition) is 3. The summed E-state index contributed by atoms with van der Waals surface area (Å²) in [5.74, 6) is 1.06. The van der Waals surface area contributed by atoms with Crippen LogP contribution in [0.3, 0.4) is 0 Å². The van der Waals surface area contributed by atoms with E-state index < -0.39 is 10.0 Å². The van der Waals surface area contributed by atoms with E-state index in [-0.39, 0.29) is 11.4 Å². The van der Waals surface area contributed by atoms with Crippen LogP contribution in [0, 0.1) is 6.92 Å². The largest absolute Gasteiger partial charge is 0.325 e. The Balaban J connectivity index is 1.76. The smallest absolute Gasteiger partial charge is 0.265 e. The van der Waals surface area contributed by atoms with Crippen LogP contribution in [0.25, 0.3) is 22.6 Å². The fraction of sp³-hybridized carbons (Fsp3) is 0.100. The number of aromatic nitrogens is 2. The Morgan fingerprint density at radius 2 is 1.38 bits per heavy atom. The number of aryl methyl sites for hydroxylation is 1. The molecule has 1 heterocycles. The second-order valence-electron chi connectivity index (χ2n) is 8.85. The average molecular weight is 573 g/mol. The number of nitrogens with zero attached hydrogens (tertiary/aromatic N) is 3. The maximum atomic E-state index is 14.2. The van der Waals surface area contributed by atoms with Crippen molar-refractivity contribution in [3.63, 3.8) is 0 Å². The van der Waals surface area contributed by atoms with Gasteiger partial charge >= 0.3 is 0 Å². The molecular weight excluding hydrogens is 546 g/mol. The molecule has 0 aliphatic rings. The van der Waals surface area contributed by atoms with Gasteiger partial charge < -0.3 is 4.57 Å². The van der Waals surface area contributed by atoms with Crippen LogP contribution in [0.4, 0.5) is 5.82 Å². The van der Waals surface area contributed by atoms with Crippen LogP contribution in [-0.2, 0) is 23.6 Å². The first-order chi connectivity index (χ1) is 17.8. The van der Waals surface area contributed by atoms with Gasteiger partial charge in [-0.05, 0) is 36.8 Å². The molecular formula is C30H26BrN3O2S. The van der Waals surface area contributed by atoms with Crippen molar-refractivity contribution in [3.05, 3.63) is 125 Å². The highest BCUT2D eigenvalue weighted by Gasteiger charge is 2.31. The molecule has 0 unspecified atom stereocenters. The topological polar surface area (TPSA) is 55.2 Å². The fourth-order valence-electron chi connectivity index (χ4n) is 4.29. The zero-order valence-electron chi connectivity index (χ0n) is 20.5. The van der Waals surface area contributed by atoms with Gasteiger partial charge in [0.2, 0.25) is 0 Å². The van der Waals surface area contributed by atoms with Gasteiger partial charge in [0.1, 0.15) is 5.82 Å². The fourth-order valence-corrected chi connectivity index (χ4v) is 5.97. The SMILES string of the molecule is Cc1ccc(S(=O)(=O)N(Cc2ccccc2)c2nc(-c3ccc(Br)cc3)n(C)c2-c2ccccc2)cc1. The number of rotatable bonds is 7. The quantitative estimate of drug-likeness (QED) is 0.207. The maximum Gasteiger partial charge on any atom is 0.265 e. The number of anilines is 1. The van der Waals surface area contributed by atoms with Crippen molar-refractivity contribution in [3.8, 4) is 22.6 Å². The molecule has 0 spiro atoms. The molecule has 0 aliphatic heterocycles. The molecule has 0 fully saturated rings. The normalized spacial score (nSPS) is 11.4. The second-order valence-corrected chi connectivity index (χ2v) is 11.6. The third kappa shape index (κ3) is 5.10. The highest BCUT2D eigenvalue weighted by Crippen LogP contribution is 2.38. The minimum atomic E-state index is -3.94. The molecule has 0 N–H and O–H groups in total. The lowest BCUT2D eigenvalue weighted by Gasteiger charge is -2.24. The average Bonchev–Trinajstić information content (AvgIpc) is 3.25. The summed E-state index contributed by atoms with van der Waals surface area (Å²) in [5, 5.41) is 0. The molecule has 0 saturated carbocycles. The van der Waals surface area contributed by atoms with Gasteiger partial charge in [0.25, 0.3) is 10.0 Å². The number of sulfonamides is 1. The van der Waals surface area contributed by atoms with Crippen LogP contribution < -0.4 is 4.31 Å². The van der Waals surface area contributed by atoms with Crippen LogP contribution in [0.5, 0.6) is 0 Å². The molecule has 4 aromatic carbocycles. The van der Waals surface area contributed by atoms with Gasteiger partial charge in [-0.25, -0.2) is 17.7 Å². The summed E-state index contributed by atoms with van der Waals surface area (Å²) < 4.78 is 32.8. The Bertz CT molecular complexity index is 1610. The minimum absolute atomic E-state index is 0.147. The van der Waals surface area contributed by atoms with Gasteiger partial charge in [0.15, 0.2) is 5.82 Å². The van der Waals surface area contributed by atoms with Crippen LogP contribution in [0.2, 0.25) is 0 Å². The Labute approximate surface area is 226 Å². The predicted octanol–water partition coefficient (Wildman–Crippen LogP) is 7.22. The van der Waals surface area contributed by atoms with E-state index in [1.54, 1.807) is 12.1 Å². The minimum Gasteiger partial charge on any atom is -0.325 e. The standard InChI is InChI=1S/C30H26BrN3O2S/c1-22-13-19-27(20-14-22)37(35,36)34(21-23-9-5-3-6-10-23)30-28(24-11-7-4-8-12-24)33(2)29(32-30)25-15-17-26(31)18-16-25/h3-20H,21H2,1-2H3. The van der Waals surface area contributed by atoms with Crippen molar-refractivity contribution in [1.29, 1.82) is 0 Å². The first-order valence-electron chi connectivity index (χ1n) is 11.9. The Morgan fingerprint density at radius 1 is 0.784 bits per heavy atom. The Morgan fingerprint density at radius 3 is 2.00 bits per heavy atom. The van der Waals surface area contributed by atoms with Crippen LogP contribution in [0.1, 0.15) is 11.1 Å². The predicted molar refractivity (Wildman–Crippen MR) is 153 cm³/mol. The van der Waals surface area contributed by atoms with Crippen LogP contribution in [0.15, 0.2) is 119 Å². The molecule has 5 aromatic rings. The summed E-state index contributed by atoms with van der Waals surface area (Å²) in [6.07, 6.45) is 0. The molecule has 0 atom stereocenters. The van der Waals surface area contributed by atoms with Crippen molar-refractivity contribution in [1.82, 2.24) is 9.55 Å². The Hall–Kier alpha value is -3.68. The summed E-state index contributed by atoms with van der Waals surface area (Å²) in [5.41, 5.74) is 4.36. The van der Waals surface area contributed by atoms with Crippen molar-refractivity contribution in [2.24, 2.45) is 7.05 Å². The highest BCUT2D eigenvalue weighted by molar-refractivity contribution is 9.10. The molecule has 37 heavy (non-hydrogen) atoms. The monoisotopic (exact) mass is 571 g/mol. The molecule has 0 radical (unpaired) electrons. The van der Waals surface area contributed by atoms with Gasteiger partial charge in [-0.3, -0.25) is 0 Å². The summed E-state index contributed by atoms with van der Waals surface area (Å²) in [7, 11) is -2.02. The van der Waals surface area contributed by atoms with Crippen LogP contribution >= 0.6 is 15.9 Å². The molecule has 186 valence electrons. The van der Waals surface area contributed by atoms with E-state index in [9.17, 15) is 8.42 Å². The summed E-state index contributed by atoms with van der Waals surface area (Å²) in [6, 6.07) is 34.2. The van der Waals surface area contributed by atoms with Crippen molar-refractivity contribution < 1.29 is 8.42 Å². The number of imidazole rings is 1. The first-order valence-corrected chi connectivity index (χ1v) is 14.1. The lowest BCUT2D eigenvalue weighted by molar-refractivity contribution is 0.590. The molecule has 5 nitrogen and oxygen atoms in total. The zero-order chi connectivity index (χ0) is 26.0. The molecule has 0 bridgehead atoms. The zero-order valence-corrected chi connectivity index (χ0v) is 22.9. The summed E-state index contributed by atoms with van der Waals surface area (Å²) in [6.45, 7) is 2.09. The van der Waals surface area contributed by atoms with Crippen LogP contribution in [-0.4, -0.2) is 18.0 Å². The van der Waals surface area contributed by atoms with E-state index in [2.05, 4.69) is 15.9 Å². The number of halogens is 1. The first kappa shape index (κ1) is 25.0. The van der Waals surface area contributed by atoms with E-state index in [1.165, 1.54) is 4.31 Å². The molecule has 5 rings (SSSR count). The highest BCUT2D eigenvalue weighted by atomic mass is 79.9. The number of hydrogen-bond donors (Lipinski definition) is 0. The van der Waals surface area contributed by atoms with Gasteiger partial charge in [0, 0.05) is 22.6 Å².